The lowest BCUT2D eigenvalue weighted by atomic mass is 9.84. The minimum absolute atomic E-state index is 0.173. The van der Waals surface area contributed by atoms with Gasteiger partial charge in [0.1, 0.15) is 27.2 Å². The number of hydrogen-bond acceptors (Lipinski definition) is 5. The molecule has 128 valence electrons. The van der Waals surface area contributed by atoms with Crippen molar-refractivity contribution in [2.45, 2.75) is 44.0 Å². The lowest BCUT2D eigenvalue weighted by molar-refractivity contribution is -0.110. The predicted molar refractivity (Wildman–Crippen MR) is 85.9 cm³/mol. The van der Waals surface area contributed by atoms with Gasteiger partial charge in [-0.25, -0.2) is 9.78 Å². The van der Waals surface area contributed by atoms with Crippen LogP contribution in [0.3, 0.4) is 0 Å². The molecule has 0 aliphatic carbocycles. The summed E-state index contributed by atoms with van der Waals surface area (Å²) in [6.07, 6.45) is 1.87. The maximum Gasteiger partial charge on any atom is 0.410 e. The van der Waals surface area contributed by atoms with Crippen molar-refractivity contribution in [3.8, 4) is 0 Å². The summed E-state index contributed by atoms with van der Waals surface area (Å²) in [6.45, 7) is 6.54. The van der Waals surface area contributed by atoms with Gasteiger partial charge < -0.3 is 24.0 Å². The molecule has 7 nitrogen and oxygen atoms in total. The number of rotatable bonds is 1. The molecule has 1 aromatic rings. The second-order valence-electron chi connectivity index (χ2n) is 7.51. The van der Waals surface area contributed by atoms with E-state index in [2.05, 4.69) is 20.9 Å². The zero-order chi connectivity index (χ0) is 17.0. The number of carbonyl (C=O) groups excluding carboxylic acids is 1. The summed E-state index contributed by atoms with van der Waals surface area (Å²) >= 11 is 3.32. The first-order valence-corrected chi connectivity index (χ1v) is 8.35. The van der Waals surface area contributed by atoms with Crippen LogP contribution < -0.4 is 0 Å². The molecule has 23 heavy (non-hydrogen) atoms. The Kier molecular flexibility index (Phi) is 3.77. The fourth-order valence-corrected chi connectivity index (χ4v) is 3.70. The largest absolute Gasteiger partial charge is 0.444 e. The number of carbonyl (C=O) groups is 1. The van der Waals surface area contributed by atoms with Gasteiger partial charge in [0.2, 0.25) is 0 Å². The Morgan fingerprint density at radius 3 is 2.65 bits per heavy atom. The van der Waals surface area contributed by atoms with E-state index in [0.29, 0.717) is 29.9 Å². The lowest BCUT2D eigenvalue weighted by Crippen LogP contribution is -2.64. The highest BCUT2D eigenvalue weighted by Gasteiger charge is 2.58. The van der Waals surface area contributed by atoms with E-state index in [1.165, 1.54) is 0 Å². The number of aryl methyl sites for hydroxylation is 1. The summed E-state index contributed by atoms with van der Waals surface area (Å²) in [5, 5.41) is 10.9. The fourth-order valence-electron chi connectivity index (χ4n) is 3.22. The molecule has 3 heterocycles. The van der Waals surface area contributed by atoms with Crippen molar-refractivity contribution in [2.24, 2.45) is 7.05 Å². The topological polar surface area (TPSA) is 76.8 Å². The van der Waals surface area contributed by atoms with Crippen LogP contribution in [0.1, 0.15) is 33.0 Å². The maximum absolute atomic E-state index is 12.0. The van der Waals surface area contributed by atoms with Crippen LogP contribution in [-0.4, -0.2) is 56.5 Å². The summed E-state index contributed by atoms with van der Waals surface area (Å²) in [6, 6.07) is 0. The number of imidazole rings is 1. The smallest absolute Gasteiger partial charge is 0.410 e. The van der Waals surface area contributed by atoms with Gasteiger partial charge in [0.15, 0.2) is 0 Å². The van der Waals surface area contributed by atoms with Crippen molar-refractivity contribution in [3.63, 3.8) is 0 Å². The van der Waals surface area contributed by atoms with Crippen molar-refractivity contribution in [1.29, 1.82) is 0 Å². The van der Waals surface area contributed by atoms with E-state index in [1.807, 2.05) is 27.8 Å². The average Bonchev–Trinajstić information content (AvgIpc) is 2.87. The highest BCUT2D eigenvalue weighted by Crippen LogP contribution is 2.44. The molecule has 0 radical (unpaired) electrons. The number of amides is 1. The molecular weight excluding hydrogens is 366 g/mol. The molecule has 1 aromatic heterocycles. The van der Waals surface area contributed by atoms with Gasteiger partial charge in [-0.05, 0) is 36.7 Å². The average molecular weight is 388 g/mol. The molecule has 1 atom stereocenters. The second kappa shape index (κ2) is 5.19. The van der Waals surface area contributed by atoms with Gasteiger partial charge in [-0.15, -0.1) is 0 Å². The summed E-state index contributed by atoms with van der Waals surface area (Å²) < 4.78 is 13.7. The van der Waals surface area contributed by atoms with Gasteiger partial charge in [0, 0.05) is 19.7 Å². The standard InChI is InChI=1S/C15H22BrN3O4/c1-13(2,3)23-12(20)19-7-14(8-19)6-15(21,9-22-14)11-17-10(16)5-18(11)4/h5,21H,6-9H2,1-4H3. The fraction of sp³-hybridized carbons (Fsp3) is 0.733. The van der Waals surface area contributed by atoms with Crippen LogP contribution in [0.5, 0.6) is 0 Å². The first-order chi connectivity index (χ1) is 10.5. The van der Waals surface area contributed by atoms with E-state index in [0.717, 1.165) is 0 Å². The summed E-state index contributed by atoms with van der Waals surface area (Å²) in [7, 11) is 1.84. The van der Waals surface area contributed by atoms with Crippen LogP contribution in [0.4, 0.5) is 4.79 Å². The van der Waals surface area contributed by atoms with Crippen molar-refractivity contribution in [2.75, 3.05) is 19.7 Å². The highest BCUT2D eigenvalue weighted by molar-refractivity contribution is 9.10. The molecule has 8 heteroatoms. The Hall–Kier alpha value is -1.12. The van der Waals surface area contributed by atoms with E-state index in [-0.39, 0.29) is 12.7 Å². The summed E-state index contributed by atoms with van der Waals surface area (Å²) in [4.78, 5) is 18.0. The number of halogens is 1. The third-order valence-corrected chi connectivity index (χ3v) is 4.49. The van der Waals surface area contributed by atoms with Gasteiger partial charge in [-0.1, -0.05) is 0 Å². The summed E-state index contributed by atoms with van der Waals surface area (Å²) in [5.74, 6) is 0.567. The van der Waals surface area contributed by atoms with E-state index >= 15 is 0 Å². The van der Waals surface area contributed by atoms with E-state index in [9.17, 15) is 9.90 Å². The van der Waals surface area contributed by atoms with Gasteiger partial charge in [-0.2, -0.15) is 0 Å². The van der Waals surface area contributed by atoms with E-state index in [1.54, 1.807) is 15.7 Å². The molecular formula is C15H22BrN3O4. The normalized spacial score (nSPS) is 26.4. The van der Waals surface area contributed by atoms with Crippen molar-refractivity contribution < 1.29 is 19.4 Å². The molecule has 3 rings (SSSR count). The Balaban J connectivity index is 1.65. The van der Waals surface area contributed by atoms with Crippen LogP contribution in [0.2, 0.25) is 0 Å². The minimum atomic E-state index is -1.14. The Morgan fingerprint density at radius 1 is 1.48 bits per heavy atom. The van der Waals surface area contributed by atoms with Gasteiger partial charge in [-0.3, -0.25) is 0 Å². The summed E-state index contributed by atoms with van der Waals surface area (Å²) in [5.41, 5.74) is -2.17. The van der Waals surface area contributed by atoms with Gasteiger partial charge in [0.25, 0.3) is 0 Å². The number of aromatic nitrogens is 2. The highest BCUT2D eigenvalue weighted by atomic mass is 79.9. The molecule has 2 saturated heterocycles. The van der Waals surface area contributed by atoms with Crippen LogP contribution in [0, 0.1) is 0 Å². The van der Waals surface area contributed by atoms with Crippen LogP contribution in [-0.2, 0) is 22.1 Å². The lowest BCUT2D eigenvalue weighted by Gasteiger charge is -2.47. The Labute approximate surface area is 143 Å². The monoisotopic (exact) mass is 387 g/mol. The Bertz CT molecular complexity index is 633. The van der Waals surface area contributed by atoms with Crippen LogP contribution in [0.25, 0.3) is 0 Å². The van der Waals surface area contributed by atoms with Crippen molar-refractivity contribution in [3.05, 3.63) is 16.6 Å². The molecule has 1 amide bonds. The van der Waals surface area contributed by atoms with E-state index in [4.69, 9.17) is 9.47 Å². The number of ether oxygens (including phenoxy) is 2. The third kappa shape index (κ3) is 3.12. The van der Waals surface area contributed by atoms with E-state index < -0.39 is 16.8 Å². The van der Waals surface area contributed by atoms with Gasteiger partial charge >= 0.3 is 6.09 Å². The molecule has 2 aliphatic rings. The number of hydrogen-bond donors (Lipinski definition) is 1. The van der Waals surface area contributed by atoms with Crippen LogP contribution >= 0.6 is 15.9 Å². The minimum Gasteiger partial charge on any atom is -0.444 e. The third-order valence-electron chi connectivity index (χ3n) is 4.10. The Morgan fingerprint density at radius 2 is 2.13 bits per heavy atom. The molecule has 2 fully saturated rings. The molecule has 0 bridgehead atoms. The maximum atomic E-state index is 12.0. The predicted octanol–water partition coefficient (Wildman–Crippen LogP) is 1.78. The molecule has 0 aromatic carbocycles. The molecule has 1 N–H and O–H groups in total. The first-order valence-electron chi connectivity index (χ1n) is 7.56. The molecule has 1 unspecified atom stereocenters. The first kappa shape index (κ1) is 16.7. The van der Waals surface area contributed by atoms with Gasteiger partial charge in [0.05, 0.1) is 19.7 Å². The molecule has 2 aliphatic heterocycles. The molecule has 1 spiro atoms. The zero-order valence-corrected chi connectivity index (χ0v) is 15.4. The van der Waals surface area contributed by atoms with Crippen molar-refractivity contribution >= 4 is 22.0 Å². The van der Waals surface area contributed by atoms with Crippen molar-refractivity contribution in [1.82, 2.24) is 14.5 Å². The quantitative estimate of drug-likeness (QED) is 0.794. The second-order valence-corrected chi connectivity index (χ2v) is 8.33. The SMILES string of the molecule is Cn1cc(Br)nc1C1(O)COC2(CN(C(=O)OC(C)(C)C)C2)C1. The number of likely N-dealkylation sites (tertiary alicyclic amines) is 1. The number of nitrogens with zero attached hydrogens (tertiary/aromatic N) is 3. The molecule has 0 saturated carbocycles. The number of aliphatic hydroxyl groups is 1. The zero-order valence-electron chi connectivity index (χ0n) is 13.8. The van der Waals surface area contributed by atoms with Crippen LogP contribution in [0.15, 0.2) is 10.8 Å².